The molecule has 0 aliphatic carbocycles. The van der Waals surface area contributed by atoms with E-state index in [2.05, 4.69) is 20.5 Å². The maximum atomic E-state index is 11.9. The Bertz CT molecular complexity index is 585. The van der Waals surface area contributed by atoms with E-state index in [1.54, 1.807) is 13.0 Å². The molecule has 1 aliphatic rings. The van der Waals surface area contributed by atoms with E-state index in [1.165, 1.54) is 7.11 Å². The lowest BCUT2D eigenvalue weighted by Gasteiger charge is -2.34. The zero-order chi connectivity index (χ0) is 16.8. The third-order valence-electron chi connectivity index (χ3n) is 3.55. The molecule has 1 aromatic heterocycles. The maximum absolute atomic E-state index is 11.9. The minimum Gasteiger partial charge on any atom is -0.469 e. The van der Waals surface area contributed by atoms with Crippen LogP contribution in [-0.2, 0) is 19.1 Å². The van der Waals surface area contributed by atoms with Crippen molar-refractivity contribution in [2.75, 3.05) is 32.1 Å². The van der Waals surface area contributed by atoms with E-state index in [4.69, 9.17) is 4.52 Å². The molecule has 2 amide bonds. The SMILES string of the molecule is COC(=O)CC1C(=O)NCCN1CCC(=O)Nc1cc(C)on1. The summed E-state index contributed by atoms with van der Waals surface area (Å²) in [7, 11) is 1.28. The monoisotopic (exact) mass is 324 g/mol. The smallest absolute Gasteiger partial charge is 0.307 e. The number of hydrogen-bond acceptors (Lipinski definition) is 7. The molecule has 0 spiro atoms. The molecule has 9 heteroatoms. The molecule has 9 nitrogen and oxygen atoms in total. The number of piperazine rings is 1. The molecule has 0 bridgehead atoms. The van der Waals surface area contributed by atoms with Crippen molar-refractivity contribution in [1.82, 2.24) is 15.4 Å². The highest BCUT2D eigenvalue weighted by molar-refractivity contribution is 5.90. The molecule has 1 aliphatic heterocycles. The topological polar surface area (TPSA) is 114 Å². The number of aryl methyl sites for hydroxylation is 1. The van der Waals surface area contributed by atoms with Gasteiger partial charge in [-0.25, -0.2) is 0 Å². The Morgan fingerprint density at radius 1 is 1.57 bits per heavy atom. The quantitative estimate of drug-likeness (QED) is 0.689. The Morgan fingerprint density at radius 3 is 3.00 bits per heavy atom. The fourth-order valence-corrected chi connectivity index (χ4v) is 2.37. The summed E-state index contributed by atoms with van der Waals surface area (Å²) in [5.41, 5.74) is 0. The second kappa shape index (κ2) is 7.73. The normalized spacial score (nSPS) is 18.3. The molecule has 2 rings (SSSR count). The van der Waals surface area contributed by atoms with Crippen molar-refractivity contribution < 1.29 is 23.6 Å². The molecule has 1 unspecified atom stereocenters. The lowest BCUT2D eigenvalue weighted by molar-refractivity contribution is -0.146. The molecular weight excluding hydrogens is 304 g/mol. The first-order valence-electron chi connectivity index (χ1n) is 7.31. The lowest BCUT2D eigenvalue weighted by atomic mass is 10.1. The van der Waals surface area contributed by atoms with Crippen LogP contribution in [0.2, 0.25) is 0 Å². The van der Waals surface area contributed by atoms with Gasteiger partial charge in [0.1, 0.15) is 5.76 Å². The van der Waals surface area contributed by atoms with Gasteiger partial charge in [0.25, 0.3) is 0 Å². The van der Waals surface area contributed by atoms with Crippen LogP contribution >= 0.6 is 0 Å². The molecule has 2 N–H and O–H groups in total. The molecule has 0 saturated carbocycles. The van der Waals surface area contributed by atoms with Crippen molar-refractivity contribution in [3.8, 4) is 0 Å². The Balaban J connectivity index is 1.87. The summed E-state index contributed by atoms with van der Waals surface area (Å²) < 4.78 is 9.48. The summed E-state index contributed by atoms with van der Waals surface area (Å²) in [5.74, 6) is 0.0380. The maximum Gasteiger partial charge on any atom is 0.307 e. The molecular formula is C14H20N4O5. The fraction of sp³-hybridized carbons (Fsp3) is 0.571. The predicted molar refractivity (Wildman–Crippen MR) is 79.5 cm³/mol. The molecule has 126 valence electrons. The zero-order valence-corrected chi connectivity index (χ0v) is 13.1. The van der Waals surface area contributed by atoms with Gasteiger partial charge in [0, 0.05) is 32.1 Å². The van der Waals surface area contributed by atoms with Gasteiger partial charge in [0.05, 0.1) is 19.6 Å². The number of carbonyl (C=O) groups is 3. The van der Waals surface area contributed by atoms with Gasteiger partial charge in [0.2, 0.25) is 11.8 Å². The lowest BCUT2D eigenvalue weighted by Crippen LogP contribution is -2.56. The number of carbonyl (C=O) groups excluding carboxylic acids is 3. The first kappa shape index (κ1) is 16.9. The highest BCUT2D eigenvalue weighted by Gasteiger charge is 2.31. The van der Waals surface area contributed by atoms with Crippen LogP contribution < -0.4 is 10.6 Å². The van der Waals surface area contributed by atoms with E-state index >= 15 is 0 Å². The Morgan fingerprint density at radius 2 is 2.35 bits per heavy atom. The molecule has 2 heterocycles. The van der Waals surface area contributed by atoms with Gasteiger partial charge in [-0.15, -0.1) is 0 Å². The second-order valence-electron chi connectivity index (χ2n) is 5.24. The molecule has 0 radical (unpaired) electrons. The molecule has 1 atom stereocenters. The Labute approximate surface area is 133 Å². The fourth-order valence-electron chi connectivity index (χ4n) is 2.37. The van der Waals surface area contributed by atoms with Crippen molar-refractivity contribution in [3.63, 3.8) is 0 Å². The number of hydrogen-bond donors (Lipinski definition) is 2. The first-order valence-corrected chi connectivity index (χ1v) is 7.31. The van der Waals surface area contributed by atoms with Crippen molar-refractivity contribution >= 4 is 23.6 Å². The van der Waals surface area contributed by atoms with Gasteiger partial charge in [-0.2, -0.15) is 0 Å². The van der Waals surface area contributed by atoms with Gasteiger partial charge in [0.15, 0.2) is 5.82 Å². The van der Waals surface area contributed by atoms with E-state index in [9.17, 15) is 14.4 Å². The van der Waals surface area contributed by atoms with Crippen LogP contribution in [0.5, 0.6) is 0 Å². The highest BCUT2D eigenvalue weighted by atomic mass is 16.5. The number of methoxy groups -OCH3 is 1. The van der Waals surface area contributed by atoms with Crippen LogP contribution in [0.15, 0.2) is 10.6 Å². The summed E-state index contributed by atoms with van der Waals surface area (Å²) in [4.78, 5) is 37.1. The number of amides is 2. The summed E-state index contributed by atoms with van der Waals surface area (Å²) in [6.45, 7) is 3.15. The summed E-state index contributed by atoms with van der Waals surface area (Å²) in [6.07, 6.45) is 0.142. The largest absolute Gasteiger partial charge is 0.469 e. The van der Waals surface area contributed by atoms with Gasteiger partial charge >= 0.3 is 5.97 Å². The van der Waals surface area contributed by atoms with Gasteiger partial charge in [-0.05, 0) is 6.92 Å². The van der Waals surface area contributed by atoms with Crippen LogP contribution in [0.1, 0.15) is 18.6 Å². The van der Waals surface area contributed by atoms with E-state index in [0.717, 1.165) is 0 Å². The number of nitrogens with one attached hydrogen (secondary N) is 2. The number of rotatable bonds is 6. The third-order valence-corrected chi connectivity index (χ3v) is 3.55. The summed E-state index contributed by atoms with van der Waals surface area (Å²) in [6, 6.07) is 1.00. The minimum atomic E-state index is -0.613. The van der Waals surface area contributed by atoms with Crippen molar-refractivity contribution in [2.24, 2.45) is 0 Å². The number of anilines is 1. The van der Waals surface area contributed by atoms with Gasteiger partial charge < -0.3 is 19.9 Å². The average molecular weight is 324 g/mol. The summed E-state index contributed by atoms with van der Waals surface area (Å²) in [5, 5.41) is 9.01. The van der Waals surface area contributed by atoms with Crippen LogP contribution in [0.25, 0.3) is 0 Å². The molecule has 0 aromatic carbocycles. The van der Waals surface area contributed by atoms with E-state index < -0.39 is 12.0 Å². The standard InChI is InChI=1S/C14H20N4O5/c1-9-7-11(17-23-9)16-12(19)3-5-18-6-4-15-14(21)10(18)8-13(20)22-2/h7,10H,3-6,8H2,1-2H3,(H,15,21)(H,16,17,19). The first-order chi connectivity index (χ1) is 11.0. The van der Waals surface area contributed by atoms with Crippen LogP contribution in [-0.4, -0.2) is 60.6 Å². The molecule has 23 heavy (non-hydrogen) atoms. The van der Waals surface area contributed by atoms with Crippen molar-refractivity contribution in [1.29, 1.82) is 0 Å². The van der Waals surface area contributed by atoms with E-state index in [0.29, 0.717) is 31.2 Å². The average Bonchev–Trinajstić information content (AvgIpc) is 2.92. The van der Waals surface area contributed by atoms with E-state index in [-0.39, 0.29) is 24.7 Å². The Hall–Kier alpha value is -2.42. The van der Waals surface area contributed by atoms with Crippen molar-refractivity contribution in [3.05, 3.63) is 11.8 Å². The van der Waals surface area contributed by atoms with Crippen molar-refractivity contribution in [2.45, 2.75) is 25.8 Å². The second-order valence-corrected chi connectivity index (χ2v) is 5.24. The van der Waals surface area contributed by atoms with E-state index in [1.807, 2.05) is 4.90 Å². The number of aromatic nitrogens is 1. The molecule has 1 aromatic rings. The predicted octanol–water partition coefficient (Wildman–Crippen LogP) is -0.325. The highest BCUT2D eigenvalue weighted by Crippen LogP contribution is 2.12. The number of esters is 1. The Kier molecular flexibility index (Phi) is 5.69. The third kappa shape index (κ3) is 4.78. The van der Waals surface area contributed by atoms with Crippen LogP contribution in [0, 0.1) is 6.92 Å². The van der Waals surface area contributed by atoms with Crippen LogP contribution in [0.3, 0.4) is 0 Å². The molecule has 1 fully saturated rings. The number of nitrogens with zero attached hydrogens (tertiary/aromatic N) is 2. The zero-order valence-electron chi connectivity index (χ0n) is 13.1. The summed E-state index contributed by atoms with van der Waals surface area (Å²) >= 11 is 0. The minimum absolute atomic E-state index is 0.0353. The van der Waals surface area contributed by atoms with Gasteiger partial charge in [-0.1, -0.05) is 5.16 Å². The molecule has 1 saturated heterocycles. The van der Waals surface area contributed by atoms with Gasteiger partial charge in [-0.3, -0.25) is 19.3 Å². The number of ether oxygens (including phenoxy) is 1. The van der Waals surface area contributed by atoms with Crippen LogP contribution in [0.4, 0.5) is 5.82 Å².